The van der Waals surface area contributed by atoms with Gasteiger partial charge >= 0.3 is 0 Å². The Hall–Kier alpha value is -0.560. The molecule has 0 radical (unpaired) electrons. The summed E-state index contributed by atoms with van der Waals surface area (Å²) in [6.45, 7) is 2.14. The molecule has 84 valence electrons. The van der Waals surface area contributed by atoms with Crippen LogP contribution in [0.4, 0.5) is 0 Å². The van der Waals surface area contributed by atoms with Crippen LogP contribution in [0.5, 0.6) is 0 Å². The first-order valence-electron chi connectivity index (χ1n) is 4.49. The first kappa shape index (κ1) is 12.5. The molecule has 0 aliphatic rings. The van der Waals surface area contributed by atoms with Crippen LogP contribution in [-0.2, 0) is 5.75 Å². The van der Waals surface area contributed by atoms with E-state index in [1.807, 2.05) is 13.0 Å². The predicted octanol–water partition coefficient (Wildman–Crippen LogP) is 0.966. The van der Waals surface area contributed by atoms with Gasteiger partial charge in [0.05, 0.1) is 11.5 Å². The molecule has 0 fully saturated rings. The van der Waals surface area contributed by atoms with Gasteiger partial charge in [0.1, 0.15) is 0 Å². The van der Waals surface area contributed by atoms with E-state index in [2.05, 4.69) is 5.43 Å². The molecule has 0 saturated heterocycles. The molecule has 6 heteroatoms. The van der Waals surface area contributed by atoms with Crippen LogP contribution < -0.4 is 11.3 Å². The Labute approximate surface area is 96.8 Å². The third-order valence-electron chi connectivity index (χ3n) is 1.78. The van der Waals surface area contributed by atoms with Crippen LogP contribution in [0.25, 0.3) is 0 Å². The van der Waals surface area contributed by atoms with Crippen molar-refractivity contribution < 1.29 is 9.90 Å². The normalized spacial score (nSPS) is 12.5. The number of hydrogen-bond acceptors (Lipinski definition) is 5. The Kier molecular flexibility index (Phi) is 5.10. The van der Waals surface area contributed by atoms with Gasteiger partial charge in [0.15, 0.2) is 0 Å². The van der Waals surface area contributed by atoms with Gasteiger partial charge in [0.25, 0.3) is 5.91 Å². The second-order valence-corrected chi connectivity index (χ2v) is 5.64. The zero-order valence-corrected chi connectivity index (χ0v) is 10.0. The lowest BCUT2D eigenvalue weighted by atomic mass is 10.4. The number of nitrogens with one attached hydrogen (secondary N) is 1. The summed E-state index contributed by atoms with van der Waals surface area (Å²) < 4.78 is 0. The number of aliphatic hydroxyl groups is 1. The van der Waals surface area contributed by atoms with Crippen LogP contribution in [0.3, 0.4) is 0 Å². The fourth-order valence-electron chi connectivity index (χ4n) is 0.926. The summed E-state index contributed by atoms with van der Waals surface area (Å²) >= 11 is 3.08. The first-order chi connectivity index (χ1) is 7.17. The number of thioether (sulfide) groups is 1. The highest BCUT2D eigenvalue weighted by atomic mass is 32.2. The Morgan fingerprint density at radius 1 is 1.73 bits per heavy atom. The van der Waals surface area contributed by atoms with E-state index in [9.17, 15) is 4.79 Å². The lowest BCUT2D eigenvalue weighted by Crippen LogP contribution is -2.29. The summed E-state index contributed by atoms with van der Waals surface area (Å²) in [6.07, 6.45) is 0. The predicted molar refractivity (Wildman–Crippen MR) is 63.8 cm³/mol. The van der Waals surface area contributed by atoms with E-state index in [4.69, 9.17) is 10.9 Å². The average molecular weight is 246 g/mol. The van der Waals surface area contributed by atoms with E-state index >= 15 is 0 Å². The fourth-order valence-corrected chi connectivity index (χ4v) is 2.72. The molecular formula is C9H14N2O2S2. The molecule has 0 bridgehead atoms. The van der Waals surface area contributed by atoms with E-state index in [0.29, 0.717) is 4.88 Å². The minimum absolute atomic E-state index is 0.173. The number of hydrazine groups is 1. The van der Waals surface area contributed by atoms with Gasteiger partial charge in [-0.25, -0.2) is 5.84 Å². The number of hydrogen-bond donors (Lipinski definition) is 3. The van der Waals surface area contributed by atoms with Gasteiger partial charge < -0.3 is 5.11 Å². The van der Waals surface area contributed by atoms with Crippen molar-refractivity contribution in [3.63, 3.8) is 0 Å². The number of aliphatic hydroxyl groups excluding tert-OH is 1. The van der Waals surface area contributed by atoms with Crippen molar-refractivity contribution in [2.45, 2.75) is 17.9 Å². The van der Waals surface area contributed by atoms with Gasteiger partial charge in [-0.2, -0.15) is 11.8 Å². The molecule has 1 amide bonds. The van der Waals surface area contributed by atoms with Crippen LogP contribution in [-0.4, -0.2) is 22.9 Å². The van der Waals surface area contributed by atoms with E-state index in [1.165, 1.54) is 11.3 Å². The molecule has 1 aromatic heterocycles. The van der Waals surface area contributed by atoms with Crippen molar-refractivity contribution in [2.75, 3.05) is 6.61 Å². The minimum Gasteiger partial charge on any atom is -0.395 e. The maximum absolute atomic E-state index is 11.1. The number of nitrogens with two attached hydrogens (primary N) is 1. The third kappa shape index (κ3) is 3.83. The molecule has 1 unspecified atom stereocenters. The molecule has 15 heavy (non-hydrogen) atoms. The summed E-state index contributed by atoms with van der Waals surface area (Å²) in [4.78, 5) is 12.9. The molecule has 0 aliphatic carbocycles. The number of carbonyl (C=O) groups is 1. The second kappa shape index (κ2) is 6.12. The summed E-state index contributed by atoms with van der Waals surface area (Å²) in [6, 6.07) is 3.67. The van der Waals surface area contributed by atoms with Crippen molar-refractivity contribution in [1.29, 1.82) is 0 Å². The molecule has 0 aromatic carbocycles. The zero-order valence-electron chi connectivity index (χ0n) is 8.40. The Bertz CT molecular complexity index is 328. The molecule has 1 aromatic rings. The van der Waals surface area contributed by atoms with Gasteiger partial charge in [-0.15, -0.1) is 11.3 Å². The van der Waals surface area contributed by atoms with Crippen molar-refractivity contribution in [2.24, 2.45) is 5.84 Å². The molecule has 4 N–H and O–H groups in total. The molecule has 0 saturated carbocycles. The van der Waals surface area contributed by atoms with Crippen molar-refractivity contribution >= 4 is 29.0 Å². The Morgan fingerprint density at radius 3 is 3.07 bits per heavy atom. The third-order valence-corrected chi connectivity index (χ3v) is 4.25. The summed E-state index contributed by atoms with van der Waals surface area (Å²) in [5.74, 6) is 5.58. The molecule has 1 rings (SSSR count). The summed E-state index contributed by atoms with van der Waals surface area (Å²) in [5, 5.41) is 9.07. The van der Waals surface area contributed by atoms with Gasteiger partial charge in [0.2, 0.25) is 0 Å². The second-order valence-electron chi connectivity index (χ2n) is 3.04. The summed E-state index contributed by atoms with van der Waals surface area (Å²) in [7, 11) is 0. The smallest absolute Gasteiger partial charge is 0.275 e. The van der Waals surface area contributed by atoms with Crippen molar-refractivity contribution in [1.82, 2.24) is 5.43 Å². The van der Waals surface area contributed by atoms with E-state index in [-0.39, 0.29) is 17.8 Å². The molecule has 4 nitrogen and oxygen atoms in total. The van der Waals surface area contributed by atoms with E-state index < -0.39 is 0 Å². The van der Waals surface area contributed by atoms with Gasteiger partial charge in [0, 0.05) is 15.9 Å². The maximum Gasteiger partial charge on any atom is 0.275 e. The lowest BCUT2D eigenvalue weighted by Gasteiger charge is -2.04. The lowest BCUT2D eigenvalue weighted by molar-refractivity contribution is 0.0957. The maximum atomic E-state index is 11.1. The number of amides is 1. The number of carbonyl (C=O) groups excluding carboxylic acids is 1. The molecule has 0 aliphatic heterocycles. The SMILES string of the molecule is CC(CO)SCc1ccc(C(=O)NN)s1. The molecule has 1 heterocycles. The highest BCUT2D eigenvalue weighted by Crippen LogP contribution is 2.23. The monoisotopic (exact) mass is 246 g/mol. The number of thiophene rings is 1. The van der Waals surface area contributed by atoms with Crippen LogP contribution in [0.15, 0.2) is 12.1 Å². The Morgan fingerprint density at radius 2 is 2.47 bits per heavy atom. The van der Waals surface area contributed by atoms with E-state index in [0.717, 1.165) is 10.6 Å². The molecular weight excluding hydrogens is 232 g/mol. The van der Waals surface area contributed by atoms with Crippen LogP contribution in [0.1, 0.15) is 21.5 Å². The quantitative estimate of drug-likeness (QED) is 0.411. The highest BCUT2D eigenvalue weighted by Gasteiger charge is 2.08. The number of nitrogen functional groups attached to an aromatic ring is 1. The summed E-state index contributed by atoms with van der Waals surface area (Å²) in [5.41, 5.74) is 2.10. The van der Waals surface area contributed by atoms with Crippen LogP contribution in [0, 0.1) is 0 Å². The van der Waals surface area contributed by atoms with Gasteiger partial charge in [-0.05, 0) is 12.1 Å². The van der Waals surface area contributed by atoms with Crippen LogP contribution in [0.2, 0.25) is 0 Å². The highest BCUT2D eigenvalue weighted by molar-refractivity contribution is 7.99. The largest absolute Gasteiger partial charge is 0.395 e. The first-order valence-corrected chi connectivity index (χ1v) is 6.36. The Balaban J connectivity index is 2.49. The topological polar surface area (TPSA) is 75.3 Å². The van der Waals surface area contributed by atoms with Gasteiger partial charge in [-0.3, -0.25) is 10.2 Å². The number of rotatable bonds is 5. The van der Waals surface area contributed by atoms with Crippen LogP contribution >= 0.6 is 23.1 Å². The molecule has 0 spiro atoms. The fraction of sp³-hybridized carbons (Fsp3) is 0.444. The standard InChI is InChI=1S/C9H14N2O2S2/c1-6(4-12)14-5-7-2-3-8(15-7)9(13)11-10/h2-3,6,12H,4-5,10H2,1H3,(H,11,13). The minimum atomic E-state index is -0.258. The van der Waals surface area contributed by atoms with Crippen molar-refractivity contribution in [3.05, 3.63) is 21.9 Å². The molecule has 1 atom stereocenters. The van der Waals surface area contributed by atoms with E-state index in [1.54, 1.807) is 17.8 Å². The van der Waals surface area contributed by atoms with Gasteiger partial charge in [-0.1, -0.05) is 6.92 Å². The average Bonchev–Trinajstić information content (AvgIpc) is 2.73. The van der Waals surface area contributed by atoms with Crippen molar-refractivity contribution in [3.8, 4) is 0 Å². The zero-order chi connectivity index (χ0) is 11.3.